The fourth-order valence-corrected chi connectivity index (χ4v) is 3.19. The van der Waals surface area contributed by atoms with Gasteiger partial charge in [-0.1, -0.05) is 11.6 Å². The summed E-state index contributed by atoms with van der Waals surface area (Å²) in [6, 6.07) is 4.20. The molecule has 1 aromatic heterocycles. The molecule has 0 amide bonds. The van der Waals surface area contributed by atoms with Crippen LogP contribution in [-0.2, 0) is 16.6 Å². The summed E-state index contributed by atoms with van der Waals surface area (Å²) in [6.07, 6.45) is 0. The number of anilines is 1. The van der Waals surface area contributed by atoms with Crippen LogP contribution in [0.25, 0.3) is 0 Å². The monoisotopic (exact) mass is 317 g/mol. The van der Waals surface area contributed by atoms with Crippen LogP contribution >= 0.6 is 22.9 Å². The van der Waals surface area contributed by atoms with Gasteiger partial charge in [0, 0.05) is 5.38 Å². The van der Waals surface area contributed by atoms with E-state index in [2.05, 4.69) is 9.71 Å². The first kappa shape index (κ1) is 14.3. The zero-order valence-corrected chi connectivity index (χ0v) is 12.4. The molecule has 102 valence electrons. The highest BCUT2D eigenvalue weighted by molar-refractivity contribution is 7.89. The predicted octanol–water partition coefficient (Wildman–Crippen LogP) is 2.17. The number of aromatic nitrogens is 1. The molecule has 1 aromatic carbocycles. The Hall–Kier alpha value is -1.15. The molecule has 0 atom stereocenters. The normalized spacial score (nSPS) is 11.7. The molecule has 19 heavy (non-hydrogen) atoms. The molecule has 0 saturated heterocycles. The molecular formula is C11H12ClN3O2S2. The average molecular weight is 318 g/mol. The van der Waals surface area contributed by atoms with Gasteiger partial charge in [-0.25, -0.2) is 18.1 Å². The number of thiazole rings is 1. The molecule has 0 aliphatic rings. The standard InChI is InChI=1S/C11H12ClN3O2S2/c1-7-15-8(6-18-7)5-14-19(16,17)9-2-3-10(12)11(13)4-9/h2-4,6,14H,5,13H2,1H3. The van der Waals surface area contributed by atoms with Gasteiger partial charge in [-0.3, -0.25) is 0 Å². The van der Waals surface area contributed by atoms with E-state index in [4.69, 9.17) is 17.3 Å². The van der Waals surface area contributed by atoms with E-state index in [0.29, 0.717) is 10.7 Å². The van der Waals surface area contributed by atoms with Crippen molar-refractivity contribution < 1.29 is 8.42 Å². The zero-order valence-electron chi connectivity index (χ0n) is 10.1. The van der Waals surface area contributed by atoms with Crippen molar-refractivity contribution in [2.75, 3.05) is 5.73 Å². The second kappa shape index (κ2) is 5.46. The highest BCUT2D eigenvalue weighted by Crippen LogP contribution is 2.22. The van der Waals surface area contributed by atoms with Gasteiger partial charge in [-0.2, -0.15) is 0 Å². The summed E-state index contributed by atoms with van der Waals surface area (Å²) in [5.74, 6) is 0. The van der Waals surface area contributed by atoms with Crippen LogP contribution in [0.2, 0.25) is 5.02 Å². The number of nitrogens with one attached hydrogen (secondary N) is 1. The first-order valence-corrected chi connectivity index (χ1v) is 8.08. The minimum atomic E-state index is -3.61. The quantitative estimate of drug-likeness (QED) is 0.846. The van der Waals surface area contributed by atoms with Crippen molar-refractivity contribution in [3.63, 3.8) is 0 Å². The Morgan fingerprint density at radius 1 is 1.47 bits per heavy atom. The molecule has 0 fully saturated rings. The summed E-state index contributed by atoms with van der Waals surface area (Å²) in [7, 11) is -3.61. The summed E-state index contributed by atoms with van der Waals surface area (Å²) in [4.78, 5) is 4.27. The van der Waals surface area contributed by atoms with E-state index < -0.39 is 10.0 Å². The maximum atomic E-state index is 12.0. The van der Waals surface area contributed by atoms with E-state index in [-0.39, 0.29) is 17.1 Å². The Morgan fingerprint density at radius 3 is 2.79 bits per heavy atom. The molecule has 0 aliphatic carbocycles. The van der Waals surface area contributed by atoms with Crippen LogP contribution in [0.1, 0.15) is 10.7 Å². The summed E-state index contributed by atoms with van der Waals surface area (Å²) in [5, 5.41) is 3.03. The molecule has 0 bridgehead atoms. The van der Waals surface area contributed by atoms with Crippen molar-refractivity contribution in [3.8, 4) is 0 Å². The van der Waals surface area contributed by atoms with E-state index >= 15 is 0 Å². The van der Waals surface area contributed by atoms with Crippen molar-refractivity contribution >= 4 is 38.6 Å². The fraction of sp³-hybridized carbons (Fsp3) is 0.182. The number of hydrogen-bond donors (Lipinski definition) is 2. The smallest absolute Gasteiger partial charge is 0.240 e. The molecule has 0 aliphatic heterocycles. The molecular weight excluding hydrogens is 306 g/mol. The number of benzene rings is 1. The first-order chi connectivity index (χ1) is 8.88. The Balaban J connectivity index is 2.16. The third-order valence-electron chi connectivity index (χ3n) is 2.39. The van der Waals surface area contributed by atoms with Crippen LogP contribution in [0.3, 0.4) is 0 Å². The van der Waals surface area contributed by atoms with Gasteiger partial charge in [0.2, 0.25) is 10.0 Å². The van der Waals surface area contributed by atoms with Gasteiger partial charge in [0.05, 0.1) is 32.9 Å². The number of nitrogens with zero attached hydrogens (tertiary/aromatic N) is 1. The second-order valence-corrected chi connectivity index (χ2v) is 7.10. The van der Waals surface area contributed by atoms with Crippen molar-refractivity contribution in [2.45, 2.75) is 18.4 Å². The number of aryl methyl sites for hydroxylation is 1. The summed E-state index contributed by atoms with van der Waals surface area (Å²) in [6.45, 7) is 2.01. The van der Waals surface area contributed by atoms with Gasteiger partial charge in [0.25, 0.3) is 0 Å². The number of rotatable bonds is 4. The van der Waals surface area contributed by atoms with E-state index in [1.54, 1.807) is 0 Å². The number of hydrogen-bond acceptors (Lipinski definition) is 5. The maximum Gasteiger partial charge on any atom is 0.240 e. The highest BCUT2D eigenvalue weighted by Gasteiger charge is 2.15. The molecule has 0 saturated carbocycles. The van der Waals surface area contributed by atoms with Crippen molar-refractivity contribution in [3.05, 3.63) is 39.3 Å². The van der Waals surface area contributed by atoms with Crippen LogP contribution < -0.4 is 10.5 Å². The third-order valence-corrected chi connectivity index (χ3v) is 4.95. The Bertz CT molecular complexity index is 698. The van der Waals surface area contributed by atoms with Crippen molar-refractivity contribution in [1.82, 2.24) is 9.71 Å². The van der Waals surface area contributed by atoms with Gasteiger partial charge >= 0.3 is 0 Å². The van der Waals surface area contributed by atoms with Crippen LogP contribution in [-0.4, -0.2) is 13.4 Å². The van der Waals surface area contributed by atoms with E-state index in [1.807, 2.05) is 12.3 Å². The molecule has 2 aromatic rings. The van der Waals surface area contributed by atoms with E-state index in [1.165, 1.54) is 29.5 Å². The van der Waals surface area contributed by atoms with Gasteiger partial charge in [0.15, 0.2) is 0 Å². The molecule has 5 nitrogen and oxygen atoms in total. The van der Waals surface area contributed by atoms with Gasteiger partial charge in [-0.15, -0.1) is 11.3 Å². The maximum absolute atomic E-state index is 12.0. The predicted molar refractivity (Wildman–Crippen MR) is 76.7 cm³/mol. The Morgan fingerprint density at radius 2 is 2.21 bits per heavy atom. The lowest BCUT2D eigenvalue weighted by atomic mass is 10.3. The number of nitrogens with two attached hydrogens (primary N) is 1. The van der Waals surface area contributed by atoms with Crippen LogP contribution in [0.5, 0.6) is 0 Å². The minimum Gasteiger partial charge on any atom is -0.397 e. The van der Waals surface area contributed by atoms with Crippen molar-refractivity contribution in [1.29, 1.82) is 0 Å². The minimum absolute atomic E-state index is 0.0846. The summed E-state index contributed by atoms with van der Waals surface area (Å²) < 4.78 is 26.6. The highest BCUT2D eigenvalue weighted by atomic mass is 35.5. The fourth-order valence-electron chi connectivity index (χ4n) is 1.43. The lowest BCUT2D eigenvalue weighted by molar-refractivity contribution is 0.580. The average Bonchev–Trinajstić information content (AvgIpc) is 2.76. The molecule has 0 unspecified atom stereocenters. The zero-order chi connectivity index (χ0) is 14.0. The largest absolute Gasteiger partial charge is 0.397 e. The number of halogens is 1. The van der Waals surface area contributed by atoms with E-state index in [0.717, 1.165) is 5.01 Å². The number of nitrogen functional groups attached to an aromatic ring is 1. The molecule has 0 spiro atoms. The lowest BCUT2D eigenvalue weighted by Crippen LogP contribution is -2.23. The molecule has 3 N–H and O–H groups in total. The molecule has 8 heteroatoms. The van der Waals surface area contributed by atoms with Crippen LogP contribution in [0.4, 0.5) is 5.69 Å². The molecule has 2 rings (SSSR count). The SMILES string of the molecule is Cc1nc(CNS(=O)(=O)c2ccc(Cl)c(N)c2)cs1. The second-order valence-electron chi connectivity index (χ2n) is 3.87. The topological polar surface area (TPSA) is 85.1 Å². The van der Waals surface area contributed by atoms with Gasteiger partial charge in [0.1, 0.15) is 0 Å². The van der Waals surface area contributed by atoms with Gasteiger partial charge < -0.3 is 5.73 Å². The Kier molecular flexibility index (Phi) is 4.10. The van der Waals surface area contributed by atoms with Gasteiger partial charge in [-0.05, 0) is 25.1 Å². The number of sulfonamides is 1. The summed E-state index contributed by atoms with van der Waals surface area (Å²) >= 11 is 7.23. The molecule has 0 radical (unpaired) electrons. The van der Waals surface area contributed by atoms with Crippen LogP contribution in [0, 0.1) is 6.92 Å². The Labute approximate surface area is 120 Å². The van der Waals surface area contributed by atoms with E-state index in [9.17, 15) is 8.42 Å². The first-order valence-electron chi connectivity index (χ1n) is 5.34. The summed E-state index contributed by atoms with van der Waals surface area (Å²) in [5.41, 5.74) is 6.51. The van der Waals surface area contributed by atoms with Crippen molar-refractivity contribution in [2.24, 2.45) is 0 Å². The molecule has 1 heterocycles. The third kappa shape index (κ3) is 3.44. The lowest BCUT2D eigenvalue weighted by Gasteiger charge is -2.07. The van der Waals surface area contributed by atoms with Crippen LogP contribution in [0.15, 0.2) is 28.5 Å².